The van der Waals surface area contributed by atoms with E-state index in [1.165, 1.54) is 51.5 Å². The summed E-state index contributed by atoms with van der Waals surface area (Å²) in [5.41, 5.74) is 1.39. The third-order valence-electron chi connectivity index (χ3n) is 5.22. The monoisotopic (exact) mass is 546 g/mol. The second-order valence-electron chi connectivity index (χ2n) is 7.93. The molecule has 0 aliphatic carbocycles. The Morgan fingerprint density at radius 1 is 0.973 bits per heavy atom. The molecule has 3 aromatic rings. The third kappa shape index (κ3) is 7.45. The molecule has 0 bridgehead atoms. The van der Waals surface area contributed by atoms with Crippen molar-refractivity contribution in [1.29, 1.82) is 0 Å². The number of nitrogens with one attached hydrogen (secondary N) is 1. The fraction of sp³-hybridized carbons (Fsp3) is 0.231. The van der Waals surface area contributed by atoms with E-state index < -0.39 is 10.1 Å². The highest BCUT2D eigenvalue weighted by Crippen LogP contribution is 2.32. The molecule has 3 rings (SSSR count). The minimum absolute atomic E-state index is 0.0391. The van der Waals surface area contributed by atoms with Crippen LogP contribution in [0.2, 0.25) is 5.02 Å². The lowest BCUT2D eigenvalue weighted by molar-refractivity contribution is -0.114. The zero-order valence-electron chi connectivity index (χ0n) is 20.6. The molecule has 0 aliphatic heterocycles. The number of methoxy groups -OCH3 is 2. The summed E-state index contributed by atoms with van der Waals surface area (Å²) in [4.78, 5) is 25.8. The number of anilines is 1. The van der Waals surface area contributed by atoms with Gasteiger partial charge in [-0.2, -0.15) is 8.42 Å². The van der Waals surface area contributed by atoms with Crippen molar-refractivity contribution in [1.82, 2.24) is 4.90 Å². The van der Waals surface area contributed by atoms with Gasteiger partial charge in [0.1, 0.15) is 4.90 Å². The van der Waals surface area contributed by atoms with E-state index in [9.17, 15) is 18.0 Å². The Kier molecular flexibility index (Phi) is 9.51. The molecule has 0 radical (unpaired) electrons. The molecule has 9 nitrogen and oxygen atoms in total. The fourth-order valence-corrected chi connectivity index (χ4v) is 4.59. The average molecular weight is 547 g/mol. The summed E-state index contributed by atoms with van der Waals surface area (Å²) in [7, 11) is -1.30. The van der Waals surface area contributed by atoms with Gasteiger partial charge in [0.05, 0.1) is 24.3 Å². The van der Waals surface area contributed by atoms with E-state index >= 15 is 0 Å². The first-order chi connectivity index (χ1) is 17.6. The molecule has 0 saturated heterocycles. The lowest BCUT2D eigenvalue weighted by Gasteiger charge is -2.23. The maximum absolute atomic E-state index is 13.2. The zero-order chi connectivity index (χ0) is 27.0. The van der Waals surface area contributed by atoms with Crippen LogP contribution in [0.3, 0.4) is 0 Å². The first-order valence-electron chi connectivity index (χ1n) is 11.2. The average Bonchev–Trinajstić information content (AvgIpc) is 2.86. The summed E-state index contributed by atoms with van der Waals surface area (Å²) in [5.74, 6) is -0.417. The van der Waals surface area contributed by atoms with Crippen molar-refractivity contribution >= 4 is 39.2 Å². The van der Waals surface area contributed by atoms with Crippen molar-refractivity contribution in [2.75, 3.05) is 32.7 Å². The molecule has 2 amide bonds. The minimum Gasteiger partial charge on any atom is -0.493 e. The Morgan fingerprint density at radius 3 is 2.30 bits per heavy atom. The Labute approximate surface area is 221 Å². The van der Waals surface area contributed by atoms with Gasteiger partial charge in [0.15, 0.2) is 11.5 Å². The van der Waals surface area contributed by atoms with Crippen molar-refractivity contribution in [3.05, 3.63) is 82.9 Å². The predicted molar refractivity (Wildman–Crippen MR) is 140 cm³/mol. The molecule has 3 aromatic carbocycles. The van der Waals surface area contributed by atoms with Gasteiger partial charge >= 0.3 is 10.1 Å². The molecule has 0 fully saturated rings. The van der Waals surface area contributed by atoms with Crippen LogP contribution in [0.5, 0.6) is 11.5 Å². The molecule has 0 atom stereocenters. The number of ether oxygens (including phenoxy) is 2. The smallest absolute Gasteiger partial charge is 0.339 e. The third-order valence-corrected chi connectivity index (χ3v) is 6.80. The number of hydrogen-bond acceptors (Lipinski definition) is 7. The van der Waals surface area contributed by atoms with E-state index in [1.54, 1.807) is 41.3 Å². The van der Waals surface area contributed by atoms with Gasteiger partial charge in [-0.15, -0.1) is 0 Å². The number of benzene rings is 3. The first-order valence-corrected chi connectivity index (χ1v) is 12.9. The van der Waals surface area contributed by atoms with Crippen LogP contribution in [0.15, 0.2) is 71.6 Å². The Hall–Kier alpha value is -3.60. The van der Waals surface area contributed by atoms with Crippen molar-refractivity contribution in [3.63, 3.8) is 0 Å². The van der Waals surface area contributed by atoms with Gasteiger partial charge in [0, 0.05) is 32.8 Å². The maximum atomic E-state index is 13.2. The maximum Gasteiger partial charge on any atom is 0.339 e. The predicted octanol–water partition coefficient (Wildman–Crippen LogP) is 4.36. The molecule has 196 valence electrons. The van der Waals surface area contributed by atoms with Crippen molar-refractivity contribution in [3.8, 4) is 11.5 Å². The molecule has 11 heteroatoms. The van der Waals surface area contributed by atoms with Gasteiger partial charge in [-0.25, -0.2) is 0 Å². The normalized spacial score (nSPS) is 11.0. The van der Waals surface area contributed by atoms with Crippen LogP contribution in [0, 0.1) is 0 Å². The van der Waals surface area contributed by atoms with Gasteiger partial charge in [-0.3, -0.25) is 9.59 Å². The van der Waals surface area contributed by atoms with E-state index in [-0.39, 0.29) is 41.3 Å². The van der Waals surface area contributed by atoms with Crippen molar-refractivity contribution in [2.24, 2.45) is 0 Å². The summed E-state index contributed by atoms with van der Waals surface area (Å²) < 4.78 is 41.8. The summed E-state index contributed by atoms with van der Waals surface area (Å²) in [5, 5.41) is 2.90. The highest BCUT2D eigenvalue weighted by molar-refractivity contribution is 7.87. The van der Waals surface area contributed by atoms with Crippen LogP contribution in [0.25, 0.3) is 0 Å². The number of rotatable bonds is 11. The second kappa shape index (κ2) is 12.6. The molecule has 1 N–H and O–H groups in total. The van der Waals surface area contributed by atoms with E-state index in [4.69, 9.17) is 25.3 Å². The van der Waals surface area contributed by atoms with E-state index in [1.807, 2.05) is 0 Å². The molecular formula is C26H27ClN2O7S. The molecule has 37 heavy (non-hydrogen) atoms. The largest absolute Gasteiger partial charge is 0.493 e. The number of nitrogens with zero attached hydrogens (tertiary/aromatic N) is 1. The van der Waals surface area contributed by atoms with Crippen molar-refractivity contribution in [2.45, 2.75) is 18.4 Å². The van der Waals surface area contributed by atoms with Gasteiger partial charge in [0.2, 0.25) is 5.91 Å². The van der Waals surface area contributed by atoms with Crippen LogP contribution in [0.4, 0.5) is 5.69 Å². The van der Waals surface area contributed by atoms with E-state index in [0.29, 0.717) is 28.4 Å². The van der Waals surface area contributed by atoms with Crippen LogP contribution in [0.1, 0.15) is 22.8 Å². The highest BCUT2D eigenvalue weighted by Gasteiger charge is 2.22. The lowest BCUT2D eigenvalue weighted by atomic mass is 10.1. The molecule has 0 aliphatic rings. The minimum atomic E-state index is -4.23. The van der Waals surface area contributed by atoms with Crippen LogP contribution in [-0.2, 0) is 26.2 Å². The first kappa shape index (κ1) is 28.0. The standard InChI is InChI=1S/C26H27ClN2O7S/c1-18(30)28-20-9-11-21(12-10-20)37(32,33)36-25-16-19(8-13-24(25)35-3)17-29(14-15-34-2)26(31)22-6-4-5-7-23(22)27/h4-13,16H,14-15,17H2,1-3H3,(H,28,30). The SMILES string of the molecule is COCCN(Cc1ccc(OC)c(OS(=O)(=O)c2ccc(NC(C)=O)cc2)c1)C(=O)c1ccccc1Cl. The summed E-state index contributed by atoms with van der Waals surface area (Å²) in [6.07, 6.45) is 0. The number of hydrogen-bond donors (Lipinski definition) is 1. The van der Waals surface area contributed by atoms with Gasteiger partial charge in [0.25, 0.3) is 5.91 Å². The molecular weight excluding hydrogens is 520 g/mol. The molecule has 0 spiro atoms. The Morgan fingerprint density at radius 2 is 1.68 bits per heavy atom. The van der Waals surface area contributed by atoms with Crippen LogP contribution < -0.4 is 14.2 Å². The molecule has 0 heterocycles. The topological polar surface area (TPSA) is 111 Å². The zero-order valence-corrected chi connectivity index (χ0v) is 22.1. The van der Waals surface area contributed by atoms with Crippen LogP contribution >= 0.6 is 11.6 Å². The Balaban J connectivity index is 1.87. The molecule has 0 aromatic heterocycles. The number of amides is 2. The number of carbonyl (C=O) groups excluding carboxylic acids is 2. The second-order valence-corrected chi connectivity index (χ2v) is 9.88. The quantitative estimate of drug-likeness (QED) is 0.356. The van der Waals surface area contributed by atoms with Gasteiger partial charge in [-0.1, -0.05) is 29.8 Å². The Bertz CT molecular complexity index is 1360. The lowest BCUT2D eigenvalue weighted by Crippen LogP contribution is -2.33. The number of carbonyl (C=O) groups is 2. The van der Waals surface area contributed by atoms with Crippen LogP contribution in [-0.4, -0.2) is 52.5 Å². The van der Waals surface area contributed by atoms with Gasteiger partial charge in [-0.05, 0) is 54.1 Å². The summed E-state index contributed by atoms with van der Waals surface area (Å²) >= 11 is 6.23. The van der Waals surface area contributed by atoms with Gasteiger partial charge < -0.3 is 23.9 Å². The molecule has 0 saturated carbocycles. The summed E-state index contributed by atoms with van der Waals surface area (Å²) in [6, 6.07) is 17.1. The fourth-order valence-electron chi connectivity index (χ4n) is 3.44. The van der Waals surface area contributed by atoms with Crippen molar-refractivity contribution < 1.29 is 31.7 Å². The summed E-state index contributed by atoms with van der Waals surface area (Å²) in [6.45, 7) is 2.06. The molecule has 0 unspecified atom stereocenters. The van der Waals surface area contributed by atoms with E-state index in [2.05, 4.69) is 5.32 Å². The highest BCUT2D eigenvalue weighted by atomic mass is 35.5. The number of halogens is 1. The van der Waals surface area contributed by atoms with E-state index in [0.717, 1.165) is 0 Å².